The fourth-order valence-corrected chi connectivity index (χ4v) is 5.64. The van der Waals surface area contributed by atoms with Gasteiger partial charge in [-0.3, -0.25) is 29.2 Å². The van der Waals surface area contributed by atoms with Crippen LogP contribution >= 0.6 is 11.3 Å². The van der Waals surface area contributed by atoms with E-state index in [0.29, 0.717) is 26.6 Å². The molecule has 1 fully saturated rings. The SMILES string of the molecule is CS(=O)(=O)c1ccc2nc(N(Cc3cccnc3)C(=O)c3ccc(N4C(=O)CCC4=O)cc3)sc2c1. The van der Waals surface area contributed by atoms with E-state index in [1.54, 1.807) is 54.9 Å². The number of hydrogen-bond acceptors (Lipinski definition) is 8. The Hall–Kier alpha value is -3.96. The van der Waals surface area contributed by atoms with Gasteiger partial charge < -0.3 is 0 Å². The molecule has 182 valence electrons. The van der Waals surface area contributed by atoms with Crippen molar-refractivity contribution in [2.45, 2.75) is 24.3 Å². The summed E-state index contributed by atoms with van der Waals surface area (Å²) in [4.78, 5) is 49.3. The molecule has 1 aliphatic rings. The molecule has 0 atom stereocenters. The number of hydrogen-bond donors (Lipinski definition) is 0. The number of imide groups is 1. The molecular formula is C25H20N4O5S2. The van der Waals surface area contributed by atoms with Crippen molar-refractivity contribution in [3.8, 4) is 0 Å². The summed E-state index contributed by atoms with van der Waals surface area (Å²) >= 11 is 1.21. The molecule has 2 aromatic heterocycles. The average Bonchev–Trinajstić information content (AvgIpc) is 3.44. The van der Waals surface area contributed by atoms with Gasteiger partial charge in [0.15, 0.2) is 15.0 Å². The summed E-state index contributed by atoms with van der Waals surface area (Å²) < 4.78 is 24.6. The number of rotatable bonds is 6. The summed E-state index contributed by atoms with van der Waals surface area (Å²) in [6, 6.07) is 14.6. The first kappa shape index (κ1) is 23.8. The average molecular weight is 521 g/mol. The number of fused-ring (bicyclic) bond motifs is 1. The number of carbonyl (C=O) groups excluding carboxylic acids is 3. The van der Waals surface area contributed by atoms with Crippen molar-refractivity contribution in [3.05, 3.63) is 78.1 Å². The predicted octanol–water partition coefficient (Wildman–Crippen LogP) is 3.60. The normalized spacial score (nSPS) is 14.0. The van der Waals surface area contributed by atoms with Crippen LogP contribution in [0.1, 0.15) is 28.8 Å². The highest BCUT2D eigenvalue weighted by atomic mass is 32.2. The van der Waals surface area contributed by atoms with Crippen LogP contribution in [-0.2, 0) is 26.0 Å². The van der Waals surface area contributed by atoms with E-state index < -0.39 is 9.84 Å². The summed E-state index contributed by atoms with van der Waals surface area (Å²) in [7, 11) is -3.39. The third kappa shape index (κ3) is 4.62. The largest absolute Gasteiger partial charge is 0.279 e. The Morgan fingerprint density at radius 2 is 1.78 bits per heavy atom. The topological polar surface area (TPSA) is 118 Å². The first-order chi connectivity index (χ1) is 17.2. The first-order valence-corrected chi connectivity index (χ1v) is 13.7. The van der Waals surface area contributed by atoms with Crippen LogP contribution in [0.2, 0.25) is 0 Å². The Labute approximate surface area is 210 Å². The monoisotopic (exact) mass is 520 g/mol. The molecule has 0 spiro atoms. The van der Waals surface area contributed by atoms with Gasteiger partial charge in [0.05, 0.1) is 27.3 Å². The zero-order valence-electron chi connectivity index (χ0n) is 19.1. The van der Waals surface area contributed by atoms with Crippen LogP contribution in [0.3, 0.4) is 0 Å². The minimum atomic E-state index is -3.39. The summed E-state index contributed by atoms with van der Waals surface area (Å²) in [6.07, 6.45) is 4.79. The van der Waals surface area contributed by atoms with E-state index in [0.717, 1.165) is 16.7 Å². The lowest BCUT2D eigenvalue weighted by Gasteiger charge is -2.20. The quantitative estimate of drug-likeness (QED) is 0.357. The Kier molecular flexibility index (Phi) is 6.10. The second-order valence-electron chi connectivity index (χ2n) is 8.32. The fourth-order valence-electron chi connectivity index (χ4n) is 3.91. The van der Waals surface area contributed by atoms with Crippen molar-refractivity contribution in [2.75, 3.05) is 16.1 Å². The van der Waals surface area contributed by atoms with E-state index in [9.17, 15) is 22.8 Å². The van der Waals surface area contributed by atoms with Crippen molar-refractivity contribution >= 4 is 59.9 Å². The summed E-state index contributed by atoms with van der Waals surface area (Å²) in [5.74, 6) is -0.868. The molecule has 0 unspecified atom stereocenters. The number of carbonyl (C=O) groups is 3. The number of amides is 3. The zero-order valence-corrected chi connectivity index (χ0v) is 20.8. The van der Waals surface area contributed by atoms with E-state index in [1.165, 1.54) is 22.3 Å². The maximum Gasteiger partial charge on any atom is 0.260 e. The highest BCUT2D eigenvalue weighted by molar-refractivity contribution is 7.90. The van der Waals surface area contributed by atoms with Gasteiger partial charge in [0.1, 0.15) is 0 Å². The van der Waals surface area contributed by atoms with Gasteiger partial charge in [0.2, 0.25) is 11.8 Å². The predicted molar refractivity (Wildman–Crippen MR) is 136 cm³/mol. The molecular weight excluding hydrogens is 500 g/mol. The summed E-state index contributed by atoms with van der Waals surface area (Å²) in [5.41, 5.74) is 2.13. The van der Waals surface area contributed by atoms with Crippen LogP contribution in [0.15, 0.2) is 71.9 Å². The molecule has 0 aliphatic carbocycles. The number of pyridine rings is 1. The fraction of sp³-hybridized carbons (Fsp3) is 0.160. The molecule has 2 aromatic carbocycles. The van der Waals surface area contributed by atoms with Gasteiger partial charge in [-0.1, -0.05) is 17.4 Å². The lowest BCUT2D eigenvalue weighted by Crippen LogP contribution is -2.31. The third-order valence-electron chi connectivity index (χ3n) is 5.74. The zero-order chi connectivity index (χ0) is 25.4. The van der Waals surface area contributed by atoms with Gasteiger partial charge >= 0.3 is 0 Å². The van der Waals surface area contributed by atoms with Crippen LogP contribution in [0.5, 0.6) is 0 Å². The Balaban J connectivity index is 1.51. The molecule has 4 aromatic rings. The van der Waals surface area contributed by atoms with Crippen LogP contribution < -0.4 is 9.80 Å². The second kappa shape index (κ2) is 9.25. The molecule has 3 heterocycles. The Morgan fingerprint density at radius 1 is 1.06 bits per heavy atom. The van der Waals surface area contributed by atoms with E-state index >= 15 is 0 Å². The standard InChI is InChI=1S/C25H20N4O5S2/c1-36(33,34)19-8-9-20-21(13-19)35-25(27-20)28(15-16-3-2-12-26-14-16)24(32)17-4-6-18(7-5-17)29-22(30)10-11-23(29)31/h2-9,12-14H,10-11,15H2,1H3. The molecule has 3 amide bonds. The van der Waals surface area contributed by atoms with Crippen molar-refractivity contribution < 1.29 is 22.8 Å². The maximum absolute atomic E-state index is 13.6. The van der Waals surface area contributed by atoms with Crippen LogP contribution in [0.4, 0.5) is 10.8 Å². The third-order valence-corrected chi connectivity index (χ3v) is 7.89. The van der Waals surface area contributed by atoms with Crippen LogP contribution in [0, 0.1) is 0 Å². The van der Waals surface area contributed by atoms with Gasteiger partial charge in [0.25, 0.3) is 5.91 Å². The maximum atomic E-state index is 13.6. The van der Waals surface area contributed by atoms with Gasteiger partial charge in [-0.15, -0.1) is 0 Å². The molecule has 36 heavy (non-hydrogen) atoms. The molecule has 0 bridgehead atoms. The van der Waals surface area contributed by atoms with Crippen molar-refractivity contribution in [2.24, 2.45) is 0 Å². The Bertz CT molecular complexity index is 1580. The van der Waals surface area contributed by atoms with Crippen molar-refractivity contribution in [1.29, 1.82) is 0 Å². The summed E-state index contributed by atoms with van der Waals surface area (Å²) in [6.45, 7) is 0.191. The minimum Gasteiger partial charge on any atom is -0.279 e. The number of thiazole rings is 1. The first-order valence-electron chi connectivity index (χ1n) is 11.0. The highest BCUT2D eigenvalue weighted by Crippen LogP contribution is 2.33. The number of nitrogens with zero attached hydrogens (tertiary/aromatic N) is 4. The molecule has 0 radical (unpaired) electrons. The smallest absolute Gasteiger partial charge is 0.260 e. The van der Waals surface area contributed by atoms with Gasteiger partial charge in [0, 0.05) is 37.1 Å². The molecule has 1 aliphatic heterocycles. The molecule has 9 nitrogen and oxygen atoms in total. The van der Waals surface area contributed by atoms with Crippen LogP contribution in [0.25, 0.3) is 10.2 Å². The molecule has 1 saturated heterocycles. The highest BCUT2D eigenvalue weighted by Gasteiger charge is 2.30. The molecule has 11 heteroatoms. The van der Waals surface area contributed by atoms with E-state index in [1.807, 2.05) is 6.07 Å². The molecule has 5 rings (SSSR count). The number of benzene rings is 2. The van der Waals surface area contributed by atoms with Crippen LogP contribution in [-0.4, -0.2) is 42.4 Å². The minimum absolute atomic E-state index is 0.178. The summed E-state index contributed by atoms with van der Waals surface area (Å²) in [5, 5.41) is 0.401. The number of sulfone groups is 1. The lowest BCUT2D eigenvalue weighted by atomic mass is 10.1. The van der Waals surface area contributed by atoms with Gasteiger partial charge in [-0.25, -0.2) is 13.4 Å². The van der Waals surface area contributed by atoms with E-state index in [4.69, 9.17) is 0 Å². The van der Waals surface area contributed by atoms with Gasteiger partial charge in [-0.2, -0.15) is 0 Å². The Morgan fingerprint density at radius 3 is 2.42 bits per heavy atom. The molecule has 0 saturated carbocycles. The van der Waals surface area contributed by atoms with E-state index in [-0.39, 0.29) is 42.0 Å². The van der Waals surface area contributed by atoms with Crippen molar-refractivity contribution in [1.82, 2.24) is 9.97 Å². The lowest BCUT2D eigenvalue weighted by molar-refractivity contribution is -0.121. The van der Waals surface area contributed by atoms with E-state index in [2.05, 4.69) is 9.97 Å². The number of anilines is 2. The van der Waals surface area contributed by atoms with Gasteiger partial charge in [-0.05, 0) is 54.1 Å². The number of aromatic nitrogens is 2. The second-order valence-corrected chi connectivity index (χ2v) is 11.3. The van der Waals surface area contributed by atoms with Crippen molar-refractivity contribution in [3.63, 3.8) is 0 Å². The molecule has 0 N–H and O–H groups in total.